The smallest absolute Gasteiger partial charge is 0.235 e. The number of nitrogens with zero attached hydrogens (tertiary/aromatic N) is 3. The first kappa shape index (κ1) is 21.3. The van der Waals surface area contributed by atoms with Gasteiger partial charge in [0.15, 0.2) is 0 Å². The molecule has 8 rings (SSSR count). The second-order valence-corrected chi connectivity index (χ2v) is 10.5. The van der Waals surface area contributed by atoms with Gasteiger partial charge in [0.25, 0.3) is 0 Å². The maximum atomic E-state index is 5.16. The Kier molecular flexibility index (Phi) is 4.69. The van der Waals surface area contributed by atoms with Crippen LogP contribution in [0.25, 0.3) is 70.4 Å². The van der Waals surface area contributed by atoms with Crippen molar-refractivity contribution in [1.29, 1.82) is 0 Å². The van der Waals surface area contributed by atoms with Gasteiger partial charge >= 0.3 is 0 Å². The summed E-state index contributed by atoms with van der Waals surface area (Å²) in [6.07, 6.45) is 0. The number of thiophene rings is 1. The summed E-state index contributed by atoms with van der Waals surface area (Å²) in [7, 11) is 0. The van der Waals surface area contributed by atoms with Crippen LogP contribution < -0.4 is 0 Å². The van der Waals surface area contributed by atoms with Gasteiger partial charge in [-0.2, -0.15) is 0 Å². The van der Waals surface area contributed by atoms with Gasteiger partial charge in [0.1, 0.15) is 0 Å². The van der Waals surface area contributed by atoms with Crippen LogP contribution >= 0.6 is 11.3 Å². The average molecular weight is 504 g/mol. The van der Waals surface area contributed by atoms with Gasteiger partial charge in [-0.25, -0.2) is 9.97 Å². The molecule has 3 aromatic heterocycles. The number of hydrogen-bond acceptors (Lipinski definition) is 3. The van der Waals surface area contributed by atoms with Crippen LogP contribution in [0.3, 0.4) is 0 Å². The fraction of sp³-hybridized carbons (Fsp3) is 0. The van der Waals surface area contributed by atoms with Gasteiger partial charge in [0.05, 0.1) is 22.4 Å². The molecule has 0 saturated carbocycles. The van der Waals surface area contributed by atoms with Crippen LogP contribution in [0, 0.1) is 0 Å². The molecule has 0 bridgehead atoms. The van der Waals surface area contributed by atoms with E-state index in [0.717, 1.165) is 33.5 Å². The number of aromatic nitrogens is 3. The molecule has 0 aliphatic rings. The van der Waals surface area contributed by atoms with Crippen LogP contribution in [0.15, 0.2) is 127 Å². The predicted molar refractivity (Wildman–Crippen MR) is 160 cm³/mol. The zero-order valence-corrected chi connectivity index (χ0v) is 21.2. The van der Waals surface area contributed by atoms with E-state index in [1.54, 1.807) is 0 Å². The Morgan fingerprint density at radius 3 is 1.79 bits per heavy atom. The van der Waals surface area contributed by atoms with Gasteiger partial charge < -0.3 is 0 Å². The maximum absolute atomic E-state index is 5.16. The lowest BCUT2D eigenvalue weighted by Crippen LogP contribution is -2.03. The highest BCUT2D eigenvalue weighted by Gasteiger charge is 2.20. The van der Waals surface area contributed by atoms with E-state index in [4.69, 9.17) is 9.97 Å². The molecule has 5 aromatic carbocycles. The zero-order valence-electron chi connectivity index (χ0n) is 20.4. The second-order valence-electron chi connectivity index (χ2n) is 9.45. The Hall–Kier alpha value is -4.80. The van der Waals surface area contributed by atoms with Crippen LogP contribution in [0.1, 0.15) is 0 Å². The van der Waals surface area contributed by atoms with Gasteiger partial charge in [-0.3, -0.25) is 4.57 Å². The van der Waals surface area contributed by atoms with Gasteiger partial charge in [-0.05, 0) is 30.3 Å². The third-order valence-electron chi connectivity index (χ3n) is 7.23. The van der Waals surface area contributed by atoms with Crippen molar-refractivity contribution in [2.75, 3.05) is 0 Å². The van der Waals surface area contributed by atoms with Crippen LogP contribution in [0.2, 0.25) is 0 Å². The van der Waals surface area contributed by atoms with Crippen molar-refractivity contribution in [2.45, 2.75) is 0 Å². The van der Waals surface area contributed by atoms with E-state index in [1.165, 1.54) is 30.9 Å². The number of benzene rings is 5. The van der Waals surface area contributed by atoms with E-state index in [0.29, 0.717) is 5.95 Å². The lowest BCUT2D eigenvalue weighted by Gasteiger charge is -2.11. The normalized spacial score (nSPS) is 11.7. The standard InChI is InChI=1S/C34H21N3S/c1-3-11-22(12-4-1)26-21-27(23-13-5-2-6-14-23)36-34(35-26)37-28-17-9-7-15-24(28)32-29(37)19-20-31-33(32)25-16-8-10-18-30(25)38-31/h1-21H. The van der Waals surface area contributed by atoms with Crippen LogP contribution in [0.4, 0.5) is 0 Å². The Labute approximate surface area is 223 Å². The summed E-state index contributed by atoms with van der Waals surface area (Å²) in [6.45, 7) is 0. The van der Waals surface area contributed by atoms with Crippen molar-refractivity contribution in [3.8, 4) is 28.5 Å². The first-order valence-electron chi connectivity index (χ1n) is 12.7. The maximum Gasteiger partial charge on any atom is 0.235 e. The molecular formula is C34H21N3S. The molecule has 8 aromatic rings. The van der Waals surface area contributed by atoms with E-state index >= 15 is 0 Å². The molecule has 3 heterocycles. The van der Waals surface area contributed by atoms with E-state index in [1.807, 2.05) is 23.5 Å². The van der Waals surface area contributed by atoms with E-state index < -0.39 is 0 Å². The first-order valence-corrected chi connectivity index (χ1v) is 13.5. The molecule has 0 atom stereocenters. The molecule has 0 aliphatic carbocycles. The molecule has 0 spiro atoms. The third-order valence-corrected chi connectivity index (χ3v) is 8.37. The summed E-state index contributed by atoms with van der Waals surface area (Å²) < 4.78 is 4.83. The predicted octanol–water partition coefficient (Wildman–Crippen LogP) is 9.28. The lowest BCUT2D eigenvalue weighted by atomic mass is 10.1. The molecule has 0 radical (unpaired) electrons. The summed E-state index contributed by atoms with van der Waals surface area (Å²) in [5, 5.41) is 5.07. The molecular weight excluding hydrogens is 482 g/mol. The Morgan fingerprint density at radius 2 is 1.08 bits per heavy atom. The zero-order chi connectivity index (χ0) is 25.1. The molecule has 0 amide bonds. The second kappa shape index (κ2) is 8.37. The summed E-state index contributed by atoms with van der Waals surface area (Å²) in [4.78, 5) is 10.3. The Balaban J connectivity index is 1.51. The number of rotatable bonds is 3. The first-order chi connectivity index (χ1) is 18.8. The van der Waals surface area contributed by atoms with E-state index in [2.05, 4.69) is 120 Å². The third kappa shape index (κ3) is 3.21. The van der Waals surface area contributed by atoms with Crippen molar-refractivity contribution in [2.24, 2.45) is 0 Å². The highest BCUT2D eigenvalue weighted by atomic mass is 32.1. The highest BCUT2D eigenvalue weighted by molar-refractivity contribution is 7.26. The number of hydrogen-bond donors (Lipinski definition) is 0. The fourth-order valence-electron chi connectivity index (χ4n) is 5.54. The van der Waals surface area contributed by atoms with Crippen molar-refractivity contribution >= 4 is 53.3 Å². The summed E-state index contributed by atoms with van der Waals surface area (Å²) in [6, 6.07) is 44.6. The SMILES string of the molecule is c1ccc(-c2cc(-c3ccccc3)nc(-n3c4ccccc4c4c5c(ccc43)sc3ccccc35)n2)cc1. The molecule has 0 saturated heterocycles. The van der Waals surface area contributed by atoms with Crippen LogP contribution in [-0.4, -0.2) is 14.5 Å². The molecule has 0 aliphatic heterocycles. The summed E-state index contributed by atoms with van der Waals surface area (Å²) in [5.41, 5.74) is 6.17. The quantitative estimate of drug-likeness (QED) is 0.240. The summed E-state index contributed by atoms with van der Waals surface area (Å²) >= 11 is 1.85. The van der Waals surface area contributed by atoms with Crippen molar-refractivity contribution in [3.63, 3.8) is 0 Å². The molecule has 0 unspecified atom stereocenters. The monoisotopic (exact) mass is 503 g/mol. The minimum absolute atomic E-state index is 0.676. The van der Waals surface area contributed by atoms with Gasteiger partial charge in [0.2, 0.25) is 5.95 Å². The summed E-state index contributed by atoms with van der Waals surface area (Å²) in [5.74, 6) is 0.676. The Bertz CT molecular complexity index is 2070. The van der Waals surface area contributed by atoms with E-state index in [9.17, 15) is 0 Å². The fourth-order valence-corrected chi connectivity index (χ4v) is 6.65. The minimum Gasteiger partial charge on any atom is -0.278 e. The number of fused-ring (bicyclic) bond motifs is 7. The largest absolute Gasteiger partial charge is 0.278 e. The molecule has 178 valence electrons. The Morgan fingerprint density at radius 1 is 0.474 bits per heavy atom. The average Bonchev–Trinajstić information content (AvgIpc) is 3.53. The molecule has 3 nitrogen and oxygen atoms in total. The van der Waals surface area contributed by atoms with Gasteiger partial charge in [-0.1, -0.05) is 97.1 Å². The molecule has 0 N–H and O–H groups in total. The van der Waals surface area contributed by atoms with E-state index in [-0.39, 0.29) is 0 Å². The van der Waals surface area contributed by atoms with Gasteiger partial charge in [0, 0.05) is 42.1 Å². The molecule has 38 heavy (non-hydrogen) atoms. The van der Waals surface area contributed by atoms with Crippen LogP contribution in [-0.2, 0) is 0 Å². The van der Waals surface area contributed by atoms with Gasteiger partial charge in [-0.15, -0.1) is 11.3 Å². The van der Waals surface area contributed by atoms with Crippen molar-refractivity contribution < 1.29 is 0 Å². The topological polar surface area (TPSA) is 30.7 Å². The van der Waals surface area contributed by atoms with Crippen molar-refractivity contribution in [3.05, 3.63) is 127 Å². The van der Waals surface area contributed by atoms with Crippen molar-refractivity contribution in [1.82, 2.24) is 14.5 Å². The number of para-hydroxylation sites is 1. The lowest BCUT2D eigenvalue weighted by molar-refractivity contribution is 0.996. The minimum atomic E-state index is 0.676. The highest BCUT2D eigenvalue weighted by Crippen LogP contribution is 2.43. The molecule has 0 fully saturated rings. The van der Waals surface area contributed by atoms with Crippen LogP contribution in [0.5, 0.6) is 0 Å². The molecule has 4 heteroatoms.